The van der Waals surface area contributed by atoms with Crippen LogP contribution in [-0.2, 0) is 24.3 Å². The lowest BCUT2D eigenvalue weighted by Gasteiger charge is -2.17. The van der Waals surface area contributed by atoms with Gasteiger partial charge in [-0.1, -0.05) is 37.3 Å². The van der Waals surface area contributed by atoms with Crippen LogP contribution in [0.15, 0.2) is 42.5 Å². The van der Waals surface area contributed by atoms with Crippen molar-refractivity contribution < 1.29 is 14.7 Å². The monoisotopic (exact) mass is 376 g/mol. The lowest BCUT2D eigenvalue weighted by atomic mass is 9.99. The lowest BCUT2D eigenvalue weighted by molar-refractivity contribution is -0.141. The Hall–Kier alpha value is -3.48. The SMILES string of the molecule is CC(Cc1ccc2nc(N)nc(C(=O)N3Cc4ccccc4C3)c2c1)C(=O)O. The second kappa shape index (κ2) is 6.92. The van der Waals surface area contributed by atoms with E-state index in [1.807, 2.05) is 30.3 Å². The number of nitrogen functional groups attached to an aromatic ring is 1. The number of nitrogens with two attached hydrogens (primary N) is 1. The maximum atomic E-state index is 13.2. The van der Waals surface area contributed by atoms with Gasteiger partial charge in [-0.05, 0) is 35.2 Å². The molecule has 28 heavy (non-hydrogen) atoms. The van der Waals surface area contributed by atoms with Crippen LogP contribution in [0.2, 0.25) is 0 Å². The van der Waals surface area contributed by atoms with Crippen LogP contribution in [0, 0.1) is 5.92 Å². The van der Waals surface area contributed by atoms with E-state index in [1.54, 1.807) is 24.0 Å². The summed E-state index contributed by atoms with van der Waals surface area (Å²) in [7, 11) is 0. The van der Waals surface area contributed by atoms with Gasteiger partial charge in [-0.3, -0.25) is 9.59 Å². The predicted molar refractivity (Wildman–Crippen MR) is 104 cm³/mol. The number of rotatable bonds is 4. The van der Waals surface area contributed by atoms with Crippen LogP contribution in [0.3, 0.4) is 0 Å². The van der Waals surface area contributed by atoms with Crippen molar-refractivity contribution in [2.75, 3.05) is 5.73 Å². The number of amides is 1. The predicted octanol–water partition coefficient (Wildman–Crippen LogP) is 2.63. The summed E-state index contributed by atoms with van der Waals surface area (Å²) in [6.45, 7) is 2.70. The molecule has 1 aromatic heterocycles. The zero-order valence-corrected chi connectivity index (χ0v) is 15.4. The molecule has 2 heterocycles. The first-order chi connectivity index (χ1) is 13.4. The van der Waals surface area contributed by atoms with Gasteiger partial charge >= 0.3 is 5.97 Å². The number of aliphatic carboxylic acids is 1. The molecule has 1 atom stereocenters. The minimum absolute atomic E-state index is 0.0409. The Bertz CT molecular complexity index is 1070. The second-order valence-corrected chi connectivity index (χ2v) is 7.16. The number of aromatic nitrogens is 2. The van der Waals surface area contributed by atoms with Gasteiger partial charge in [0.15, 0.2) is 0 Å². The molecule has 0 fully saturated rings. The highest BCUT2D eigenvalue weighted by molar-refractivity contribution is 6.05. The molecule has 0 saturated heterocycles. The number of nitrogens with zero attached hydrogens (tertiary/aromatic N) is 3. The molecule has 0 bridgehead atoms. The fraction of sp³-hybridized carbons (Fsp3) is 0.238. The Balaban J connectivity index is 1.71. The minimum atomic E-state index is -0.861. The quantitative estimate of drug-likeness (QED) is 0.724. The molecule has 2 aromatic carbocycles. The number of benzene rings is 2. The zero-order chi connectivity index (χ0) is 19.8. The third kappa shape index (κ3) is 3.26. The number of anilines is 1. The Morgan fingerprint density at radius 2 is 1.82 bits per heavy atom. The van der Waals surface area contributed by atoms with Crippen molar-refractivity contribution in [3.05, 3.63) is 64.8 Å². The molecule has 142 valence electrons. The summed E-state index contributed by atoms with van der Waals surface area (Å²) in [4.78, 5) is 34.6. The van der Waals surface area contributed by atoms with Gasteiger partial charge in [0.05, 0.1) is 11.4 Å². The van der Waals surface area contributed by atoms with Gasteiger partial charge in [-0.15, -0.1) is 0 Å². The van der Waals surface area contributed by atoms with Crippen molar-refractivity contribution in [3.8, 4) is 0 Å². The van der Waals surface area contributed by atoms with Crippen molar-refractivity contribution in [2.24, 2.45) is 5.92 Å². The zero-order valence-electron chi connectivity index (χ0n) is 15.4. The standard InChI is InChI=1S/C21H20N4O3/c1-12(20(27)28)8-13-6-7-17-16(9-13)18(24-21(22)23-17)19(26)25-10-14-4-2-3-5-15(14)11-25/h2-7,9,12H,8,10-11H2,1H3,(H,27,28)(H2,22,23,24). The van der Waals surface area contributed by atoms with E-state index < -0.39 is 11.9 Å². The molecule has 0 radical (unpaired) electrons. The van der Waals surface area contributed by atoms with Gasteiger partial charge in [0, 0.05) is 18.5 Å². The molecule has 0 aliphatic carbocycles. The van der Waals surface area contributed by atoms with Crippen LogP contribution in [0.5, 0.6) is 0 Å². The summed E-state index contributed by atoms with van der Waals surface area (Å²) in [5, 5.41) is 9.75. The van der Waals surface area contributed by atoms with Crippen LogP contribution >= 0.6 is 0 Å². The number of hydrogen-bond donors (Lipinski definition) is 2. The number of carboxylic acid groups (broad SMARTS) is 1. The fourth-order valence-corrected chi connectivity index (χ4v) is 3.55. The van der Waals surface area contributed by atoms with Crippen LogP contribution in [-0.4, -0.2) is 31.9 Å². The molecule has 0 saturated carbocycles. The Morgan fingerprint density at radius 3 is 2.46 bits per heavy atom. The van der Waals surface area contributed by atoms with Crippen LogP contribution in [0.4, 0.5) is 5.95 Å². The fourth-order valence-electron chi connectivity index (χ4n) is 3.55. The molecule has 3 aromatic rings. The molecule has 1 aliphatic heterocycles. The summed E-state index contributed by atoms with van der Waals surface area (Å²) >= 11 is 0. The molecular formula is C21H20N4O3. The van der Waals surface area contributed by atoms with Gasteiger partial charge in [0.1, 0.15) is 5.69 Å². The maximum absolute atomic E-state index is 13.2. The van der Waals surface area contributed by atoms with Crippen LogP contribution < -0.4 is 5.73 Å². The summed E-state index contributed by atoms with van der Waals surface area (Å²) in [5.74, 6) is -1.56. The molecule has 1 amide bonds. The average molecular weight is 376 g/mol. The number of carbonyl (C=O) groups is 2. The molecule has 0 spiro atoms. The van der Waals surface area contributed by atoms with Gasteiger partial charge in [-0.2, -0.15) is 0 Å². The summed E-state index contributed by atoms with van der Waals surface area (Å²) in [5.41, 5.74) is 9.71. The first-order valence-electron chi connectivity index (χ1n) is 9.07. The van der Waals surface area contributed by atoms with E-state index in [2.05, 4.69) is 9.97 Å². The molecule has 3 N–H and O–H groups in total. The first kappa shape index (κ1) is 17.9. The Morgan fingerprint density at radius 1 is 1.14 bits per heavy atom. The highest BCUT2D eigenvalue weighted by Gasteiger charge is 2.27. The topological polar surface area (TPSA) is 109 Å². The second-order valence-electron chi connectivity index (χ2n) is 7.16. The normalized spacial score (nSPS) is 14.1. The number of fused-ring (bicyclic) bond motifs is 2. The number of carbonyl (C=O) groups excluding carboxylic acids is 1. The van der Waals surface area contributed by atoms with E-state index >= 15 is 0 Å². The number of carboxylic acids is 1. The van der Waals surface area contributed by atoms with Crippen molar-refractivity contribution in [3.63, 3.8) is 0 Å². The van der Waals surface area contributed by atoms with Crippen molar-refractivity contribution >= 4 is 28.7 Å². The molecule has 7 heteroatoms. The highest BCUT2D eigenvalue weighted by Crippen LogP contribution is 2.27. The third-order valence-electron chi connectivity index (χ3n) is 5.07. The molecule has 1 aliphatic rings. The third-order valence-corrected chi connectivity index (χ3v) is 5.07. The highest BCUT2D eigenvalue weighted by atomic mass is 16.4. The van der Waals surface area contributed by atoms with Crippen molar-refractivity contribution in [1.82, 2.24) is 14.9 Å². The van der Waals surface area contributed by atoms with Crippen molar-refractivity contribution in [2.45, 2.75) is 26.4 Å². The molecule has 7 nitrogen and oxygen atoms in total. The molecular weight excluding hydrogens is 356 g/mol. The van der Waals surface area contributed by atoms with Crippen LogP contribution in [0.1, 0.15) is 34.1 Å². The Labute approximate surface area is 161 Å². The van der Waals surface area contributed by atoms with E-state index in [-0.39, 0.29) is 17.5 Å². The lowest BCUT2D eigenvalue weighted by Crippen LogP contribution is -2.27. The maximum Gasteiger partial charge on any atom is 0.306 e. The van der Waals surface area contributed by atoms with Gasteiger partial charge in [0.2, 0.25) is 5.95 Å². The van der Waals surface area contributed by atoms with Gasteiger partial charge in [0.25, 0.3) is 5.91 Å². The first-order valence-corrected chi connectivity index (χ1v) is 9.07. The summed E-state index contributed by atoms with van der Waals surface area (Å²) in [6, 6.07) is 13.3. The van der Waals surface area contributed by atoms with E-state index in [4.69, 9.17) is 10.8 Å². The van der Waals surface area contributed by atoms with E-state index in [9.17, 15) is 9.59 Å². The Kier molecular flexibility index (Phi) is 4.43. The van der Waals surface area contributed by atoms with Crippen LogP contribution in [0.25, 0.3) is 10.9 Å². The minimum Gasteiger partial charge on any atom is -0.481 e. The summed E-state index contributed by atoms with van der Waals surface area (Å²) in [6.07, 6.45) is 0.360. The van der Waals surface area contributed by atoms with E-state index in [0.29, 0.717) is 30.4 Å². The van der Waals surface area contributed by atoms with Gasteiger partial charge < -0.3 is 15.7 Å². The molecule has 4 rings (SSSR count). The van der Waals surface area contributed by atoms with E-state index in [0.717, 1.165) is 16.7 Å². The summed E-state index contributed by atoms with van der Waals surface area (Å²) < 4.78 is 0. The smallest absolute Gasteiger partial charge is 0.306 e. The van der Waals surface area contributed by atoms with Gasteiger partial charge in [-0.25, -0.2) is 9.97 Å². The van der Waals surface area contributed by atoms with Crippen molar-refractivity contribution in [1.29, 1.82) is 0 Å². The van der Waals surface area contributed by atoms with E-state index in [1.165, 1.54) is 0 Å². The molecule has 1 unspecified atom stereocenters. The average Bonchev–Trinajstić information content (AvgIpc) is 3.11. The largest absolute Gasteiger partial charge is 0.481 e. The number of hydrogen-bond acceptors (Lipinski definition) is 5.